The monoisotopic (exact) mass is 308 g/mol. The maximum absolute atomic E-state index is 12.4. The highest BCUT2D eigenvalue weighted by Crippen LogP contribution is 2.32. The minimum Gasteiger partial charge on any atom is -0.384 e. The van der Waals surface area contributed by atoms with Crippen LogP contribution >= 0.6 is 0 Å². The summed E-state index contributed by atoms with van der Waals surface area (Å²) in [7, 11) is -3.59. The summed E-state index contributed by atoms with van der Waals surface area (Å²) in [5, 5.41) is 8.68. The molecule has 6 heteroatoms. The zero-order valence-electron chi connectivity index (χ0n) is 12.2. The van der Waals surface area contributed by atoms with Crippen LogP contribution in [0.15, 0.2) is 23.4 Å². The molecule has 0 radical (unpaired) electrons. The molecule has 5 nitrogen and oxygen atoms in total. The molecule has 1 fully saturated rings. The number of nitrogens with zero attached hydrogens (tertiary/aromatic N) is 1. The van der Waals surface area contributed by atoms with Crippen molar-refractivity contribution in [1.29, 1.82) is 0 Å². The van der Waals surface area contributed by atoms with E-state index in [1.807, 2.05) is 0 Å². The number of pyridine rings is 1. The van der Waals surface area contributed by atoms with Crippen molar-refractivity contribution in [2.45, 2.75) is 37.6 Å². The van der Waals surface area contributed by atoms with Gasteiger partial charge in [0.05, 0.1) is 0 Å². The van der Waals surface area contributed by atoms with Crippen molar-refractivity contribution >= 4 is 10.0 Å². The summed E-state index contributed by atoms with van der Waals surface area (Å²) >= 11 is 0. The Bertz CT molecular complexity index is 661. The van der Waals surface area contributed by atoms with Crippen molar-refractivity contribution in [3.8, 4) is 11.8 Å². The van der Waals surface area contributed by atoms with E-state index in [0.717, 1.165) is 12.8 Å². The first-order valence-corrected chi connectivity index (χ1v) is 8.49. The molecule has 114 valence electrons. The molecule has 1 saturated carbocycles. The number of sulfonamides is 1. The lowest BCUT2D eigenvalue weighted by Crippen LogP contribution is -2.37. The fourth-order valence-electron chi connectivity index (χ4n) is 2.57. The summed E-state index contributed by atoms with van der Waals surface area (Å²) < 4.78 is 27.6. The number of aliphatic hydroxyl groups excluding tert-OH is 1. The summed E-state index contributed by atoms with van der Waals surface area (Å²) in [4.78, 5) is 4.02. The maximum atomic E-state index is 12.4. The van der Waals surface area contributed by atoms with E-state index in [-0.39, 0.29) is 17.5 Å². The Hall–Kier alpha value is -1.42. The predicted molar refractivity (Wildman–Crippen MR) is 79.9 cm³/mol. The zero-order valence-corrected chi connectivity index (χ0v) is 13.0. The average molecular weight is 308 g/mol. The zero-order chi connectivity index (χ0) is 15.5. The van der Waals surface area contributed by atoms with Crippen LogP contribution in [0.5, 0.6) is 0 Å². The van der Waals surface area contributed by atoms with Crippen molar-refractivity contribution in [2.24, 2.45) is 11.8 Å². The minimum absolute atomic E-state index is 0.0304. The first-order valence-electron chi connectivity index (χ1n) is 7.01. The first kappa shape index (κ1) is 16.0. The smallest absolute Gasteiger partial charge is 0.242 e. The van der Waals surface area contributed by atoms with Gasteiger partial charge in [-0.2, -0.15) is 0 Å². The van der Waals surface area contributed by atoms with Crippen LogP contribution in [0.1, 0.15) is 32.3 Å². The van der Waals surface area contributed by atoms with E-state index in [0.29, 0.717) is 17.4 Å². The normalized spacial score (nSPS) is 25.4. The predicted octanol–water partition coefficient (Wildman–Crippen LogP) is 1.14. The molecule has 0 bridgehead atoms. The second kappa shape index (κ2) is 6.56. The highest BCUT2D eigenvalue weighted by Gasteiger charge is 2.33. The number of rotatable bonds is 3. The molecule has 1 heterocycles. The molecule has 21 heavy (non-hydrogen) atoms. The Balaban J connectivity index is 2.20. The topological polar surface area (TPSA) is 79.3 Å². The Morgan fingerprint density at radius 2 is 2.14 bits per heavy atom. The molecular weight excluding hydrogens is 288 g/mol. The molecule has 0 aromatic carbocycles. The van der Waals surface area contributed by atoms with Crippen LogP contribution in [0.3, 0.4) is 0 Å². The van der Waals surface area contributed by atoms with E-state index in [4.69, 9.17) is 5.11 Å². The van der Waals surface area contributed by atoms with Crippen LogP contribution in [-0.4, -0.2) is 31.2 Å². The fraction of sp³-hybridized carbons (Fsp3) is 0.533. The number of aliphatic hydroxyl groups is 1. The van der Waals surface area contributed by atoms with Gasteiger partial charge >= 0.3 is 0 Å². The molecule has 1 aliphatic carbocycles. The fourth-order valence-corrected chi connectivity index (χ4v) is 3.92. The van der Waals surface area contributed by atoms with Gasteiger partial charge in [0, 0.05) is 24.0 Å². The van der Waals surface area contributed by atoms with Gasteiger partial charge in [-0.1, -0.05) is 25.7 Å². The Morgan fingerprint density at radius 3 is 2.76 bits per heavy atom. The van der Waals surface area contributed by atoms with Gasteiger partial charge in [0.1, 0.15) is 11.5 Å². The van der Waals surface area contributed by atoms with Gasteiger partial charge in [-0.15, -0.1) is 0 Å². The molecule has 1 aromatic rings. The molecule has 2 N–H and O–H groups in total. The van der Waals surface area contributed by atoms with E-state index in [9.17, 15) is 8.42 Å². The largest absolute Gasteiger partial charge is 0.384 e. The van der Waals surface area contributed by atoms with E-state index in [1.165, 1.54) is 18.5 Å². The minimum atomic E-state index is -3.59. The van der Waals surface area contributed by atoms with E-state index < -0.39 is 10.0 Å². The lowest BCUT2D eigenvalue weighted by molar-refractivity contribution is 0.350. The number of aromatic nitrogens is 1. The van der Waals surface area contributed by atoms with Crippen molar-refractivity contribution in [3.05, 3.63) is 24.0 Å². The Labute approximate surface area is 125 Å². The summed E-state index contributed by atoms with van der Waals surface area (Å²) in [5.41, 5.74) is 0.472. The van der Waals surface area contributed by atoms with Gasteiger partial charge in [-0.05, 0) is 30.7 Å². The highest BCUT2D eigenvalue weighted by atomic mass is 32.2. The number of hydrogen-bond donors (Lipinski definition) is 2. The van der Waals surface area contributed by atoms with Crippen LogP contribution in [0, 0.1) is 23.7 Å². The summed E-state index contributed by atoms with van der Waals surface area (Å²) in [5.74, 6) is 5.99. The molecule has 3 atom stereocenters. The molecule has 0 spiro atoms. The number of nitrogens with one attached hydrogen (secondary N) is 1. The standard InChI is InChI=1S/C15H20N2O3S/c1-11-5-6-15(12(11)2)17-21(19,20)14-8-13(4-3-7-18)9-16-10-14/h8-12,15,17-18H,5-7H2,1-2H3. The molecule has 1 aliphatic rings. The molecule has 1 aromatic heterocycles. The lowest BCUT2D eigenvalue weighted by atomic mass is 9.98. The van der Waals surface area contributed by atoms with Crippen LogP contribution in [-0.2, 0) is 10.0 Å². The second-order valence-corrected chi connectivity index (χ2v) is 7.22. The first-order chi connectivity index (χ1) is 9.94. The molecule has 0 aliphatic heterocycles. The molecule has 0 saturated heterocycles. The molecular formula is C15H20N2O3S. The van der Waals surface area contributed by atoms with Gasteiger partial charge < -0.3 is 5.11 Å². The van der Waals surface area contributed by atoms with E-state index in [2.05, 4.69) is 35.4 Å². The van der Waals surface area contributed by atoms with Crippen LogP contribution in [0.25, 0.3) is 0 Å². The van der Waals surface area contributed by atoms with Gasteiger partial charge in [0.15, 0.2) is 0 Å². The summed E-state index contributed by atoms with van der Waals surface area (Å²) in [6.07, 6.45) is 4.69. The van der Waals surface area contributed by atoms with Crippen LogP contribution in [0.4, 0.5) is 0 Å². The van der Waals surface area contributed by atoms with Gasteiger partial charge in [0.2, 0.25) is 10.0 Å². The highest BCUT2D eigenvalue weighted by molar-refractivity contribution is 7.89. The third-order valence-corrected chi connectivity index (χ3v) is 5.56. The quantitative estimate of drug-likeness (QED) is 0.821. The third-order valence-electron chi connectivity index (χ3n) is 4.11. The molecule has 0 amide bonds. The molecule has 3 unspecified atom stereocenters. The maximum Gasteiger partial charge on any atom is 0.242 e. The third kappa shape index (κ3) is 3.82. The average Bonchev–Trinajstić information content (AvgIpc) is 2.77. The van der Waals surface area contributed by atoms with Crippen LogP contribution < -0.4 is 4.72 Å². The van der Waals surface area contributed by atoms with Crippen molar-refractivity contribution in [1.82, 2.24) is 9.71 Å². The SMILES string of the molecule is CC1CCC(NS(=O)(=O)c2cncc(C#CCO)c2)C1C. The van der Waals surface area contributed by atoms with E-state index >= 15 is 0 Å². The Morgan fingerprint density at radius 1 is 1.38 bits per heavy atom. The summed E-state index contributed by atoms with van der Waals surface area (Å²) in [6.45, 7) is 3.95. The number of hydrogen-bond acceptors (Lipinski definition) is 4. The Kier molecular flexibility index (Phi) is 4.99. The van der Waals surface area contributed by atoms with Gasteiger partial charge in [-0.25, -0.2) is 13.1 Å². The lowest BCUT2D eigenvalue weighted by Gasteiger charge is -2.19. The second-order valence-electron chi connectivity index (χ2n) is 5.51. The van der Waals surface area contributed by atoms with Crippen molar-refractivity contribution < 1.29 is 13.5 Å². The van der Waals surface area contributed by atoms with Crippen LogP contribution in [0.2, 0.25) is 0 Å². The van der Waals surface area contributed by atoms with Gasteiger partial charge in [-0.3, -0.25) is 4.98 Å². The van der Waals surface area contributed by atoms with Crippen molar-refractivity contribution in [3.63, 3.8) is 0 Å². The van der Waals surface area contributed by atoms with Crippen molar-refractivity contribution in [2.75, 3.05) is 6.61 Å². The van der Waals surface area contributed by atoms with Gasteiger partial charge in [0.25, 0.3) is 0 Å². The summed E-state index contributed by atoms with van der Waals surface area (Å²) in [6, 6.07) is 1.44. The molecule has 2 rings (SSSR count). The van der Waals surface area contributed by atoms with E-state index in [1.54, 1.807) is 0 Å².